The maximum Gasteiger partial charge on any atom is 0.258 e. The highest BCUT2D eigenvalue weighted by molar-refractivity contribution is 5.99. The molecule has 1 aromatic heterocycles. The molecule has 1 atom stereocenters. The number of rotatable bonds is 2. The first-order valence-electron chi connectivity index (χ1n) is 10.4. The lowest BCUT2D eigenvalue weighted by atomic mass is 9.94. The number of nitrogens with one attached hydrogen (secondary N) is 1. The third kappa shape index (κ3) is 3.11. The Bertz CT molecular complexity index is 1220. The normalized spacial score (nSPS) is 17.3. The molecule has 2 aliphatic rings. The van der Waals surface area contributed by atoms with E-state index in [9.17, 15) is 18.0 Å². The summed E-state index contributed by atoms with van der Waals surface area (Å²) in [6.45, 7) is 3.42. The van der Waals surface area contributed by atoms with Crippen molar-refractivity contribution in [2.75, 3.05) is 25.0 Å². The predicted molar refractivity (Wildman–Crippen MR) is 112 cm³/mol. The van der Waals surface area contributed by atoms with E-state index in [2.05, 4.69) is 10.4 Å². The highest BCUT2D eigenvalue weighted by Crippen LogP contribution is 2.39. The maximum atomic E-state index is 13.9. The predicted octanol–water partition coefficient (Wildman–Crippen LogP) is 4.07. The van der Waals surface area contributed by atoms with Crippen molar-refractivity contribution >= 4 is 11.6 Å². The summed E-state index contributed by atoms with van der Waals surface area (Å²) >= 11 is 0. The molecule has 166 valence electrons. The Morgan fingerprint density at radius 1 is 1.22 bits per heavy atom. The lowest BCUT2D eigenvalue weighted by Crippen LogP contribution is -2.39. The molecule has 2 aliphatic heterocycles. The van der Waals surface area contributed by atoms with Crippen LogP contribution in [0.2, 0.25) is 0 Å². The summed E-state index contributed by atoms with van der Waals surface area (Å²) in [6, 6.07) is 6.99. The number of carbonyl (C=O) groups excluding carboxylic acids is 1. The maximum absolute atomic E-state index is 13.9. The van der Waals surface area contributed by atoms with E-state index in [1.54, 1.807) is 18.0 Å². The van der Waals surface area contributed by atoms with E-state index in [0.717, 1.165) is 23.4 Å². The fourth-order valence-corrected chi connectivity index (χ4v) is 4.57. The SMILES string of the molecule is C[C@H]1c2nn(C)c(-c3cc(F)c(F)c(F)c3)c2CCN1C(=O)c1cccc2c1OCCN2. The summed E-state index contributed by atoms with van der Waals surface area (Å²) < 4.78 is 48.4. The molecule has 6 nitrogen and oxygen atoms in total. The molecule has 5 rings (SSSR count). The number of anilines is 1. The molecule has 0 saturated heterocycles. The average Bonchev–Trinajstić information content (AvgIpc) is 3.13. The average molecular weight is 442 g/mol. The number of para-hydroxylation sites is 1. The van der Waals surface area contributed by atoms with Gasteiger partial charge in [-0.25, -0.2) is 13.2 Å². The van der Waals surface area contributed by atoms with E-state index in [0.29, 0.717) is 48.8 Å². The van der Waals surface area contributed by atoms with Gasteiger partial charge in [-0.15, -0.1) is 0 Å². The molecule has 0 aliphatic carbocycles. The standard InChI is InChI=1S/C23H21F3N4O2/c1-12-20-14(21(29(2)28-20)13-10-16(24)19(26)17(25)11-13)6-8-30(12)23(31)15-4-3-5-18-22(15)32-9-7-27-18/h3-5,10-12,27H,6-9H2,1-2H3/t12-/m0/s1. The molecule has 3 aromatic rings. The summed E-state index contributed by atoms with van der Waals surface area (Å²) in [5.74, 6) is -3.63. The van der Waals surface area contributed by atoms with E-state index < -0.39 is 17.5 Å². The number of benzene rings is 2. The van der Waals surface area contributed by atoms with Crippen molar-refractivity contribution in [2.45, 2.75) is 19.4 Å². The van der Waals surface area contributed by atoms with Gasteiger partial charge in [0.1, 0.15) is 6.61 Å². The molecule has 0 radical (unpaired) electrons. The highest BCUT2D eigenvalue weighted by Gasteiger charge is 2.35. The number of carbonyl (C=O) groups is 1. The first-order valence-corrected chi connectivity index (χ1v) is 10.4. The van der Waals surface area contributed by atoms with Gasteiger partial charge in [-0.2, -0.15) is 5.10 Å². The van der Waals surface area contributed by atoms with Crippen molar-refractivity contribution in [2.24, 2.45) is 7.05 Å². The fraction of sp³-hybridized carbons (Fsp3) is 0.304. The van der Waals surface area contributed by atoms with Gasteiger partial charge in [0.2, 0.25) is 0 Å². The van der Waals surface area contributed by atoms with Gasteiger partial charge in [0.15, 0.2) is 23.2 Å². The van der Waals surface area contributed by atoms with Crippen molar-refractivity contribution < 1.29 is 22.7 Å². The fourth-order valence-electron chi connectivity index (χ4n) is 4.57. The van der Waals surface area contributed by atoms with E-state index in [1.165, 1.54) is 4.68 Å². The molecule has 1 N–H and O–H groups in total. The second-order valence-corrected chi connectivity index (χ2v) is 7.97. The number of fused-ring (bicyclic) bond motifs is 2. The van der Waals surface area contributed by atoms with Crippen LogP contribution in [0.25, 0.3) is 11.3 Å². The summed E-state index contributed by atoms with van der Waals surface area (Å²) in [5, 5.41) is 7.77. The van der Waals surface area contributed by atoms with Gasteiger partial charge >= 0.3 is 0 Å². The third-order valence-corrected chi connectivity index (χ3v) is 6.07. The highest BCUT2D eigenvalue weighted by atomic mass is 19.2. The van der Waals surface area contributed by atoms with Crippen molar-refractivity contribution in [1.29, 1.82) is 0 Å². The molecule has 0 spiro atoms. The number of amides is 1. The number of hydrogen-bond donors (Lipinski definition) is 1. The van der Waals surface area contributed by atoms with Crippen molar-refractivity contribution in [1.82, 2.24) is 14.7 Å². The van der Waals surface area contributed by atoms with Crippen LogP contribution >= 0.6 is 0 Å². The number of ether oxygens (including phenoxy) is 1. The van der Waals surface area contributed by atoms with Crippen LogP contribution in [0.15, 0.2) is 30.3 Å². The Morgan fingerprint density at radius 2 is 1.97 bits per heavy atom. The topological polar surface area (TPSA) is 59.4 Å². The van der Waals surface area contributed by atoms with Crippen LogP contribution in [0, 0.1) is 17.5 Å². The Balaban J connectivity index is 1.51. The number of aromatic nitrogens is 2. The molecule has 0 bridgehead atoms. The first kappa shape index (κ1) is 20.4. The molecular weight excluding hydrogens is 421 g/mol. The molecular formula is C23H21F3N4O2. The van der Waals surface area contributed by atoms with Crippen LogP contribution in [-0.4, -0.2) is 40.3 Å². The van der Waals surface area contributed by atoms with E-state index >= 15 is 0 Å². The van der Waals surface area contributed by atoms with Crippen LogP contribution in [0.4, 0.5) is 18.9 Å². The van der Waals surface area contributed by atoms with Gasteiger partial charge in [-0.05, 0) is 37.6 Å². The second kappa shape index (κ2) is 7.58. The van der Waals surface area contributed by atoms with Gasteiger partial charge in [0.25, 0.3) is 5.91 Å². The lowest BCUT2D eigenvalue weighted by Gasteiger charge is -2.34. The largest absolute Gasteiger partial charge is 0.489 e. The minimum atomic E-state index is -1.50. The smallest absolute Gasteiger partial charge is 0.258 e. The molecule has 0 saturated carbocycles. The van der Waals surface area contributed by atoms with E-state index in [4.69, 9.17) is 4.74 Å². The third-order valence-electron chi connectivity index (χ3n) is 6.07. The molecule has 32 heavy (non-hydrogen) atoms. The van der Waals surface area contributed by atoms with Crippen LogP contribution in [0.5, 0.6) is 5.75 Å². The van der Waals surface area contributed by atoms with Crippen LogP contribution in [0.3, 0.4) is 0 Å². The Kier molecular flexibility index (Phi) is 4.83. The lowest BCUT2D eigenvalue weighted by molar-refractivity contribution is 0.0669. The van der Waals surface area contributed by atoms with Crippen LogP contribution in [0.1, 0.15) is 34.6 Å². The Labute approximate surface area is 182 Å². The molecule has 2 aromatic carbocycles. The summed E-state index contributed by atoms with van der Waals surface area (Å²) in [5.41, 5.74) is 3.43. The zero-order valence-electron chi connectivity index (χ0n) is 17.6. The Hall–Kier alpha value is -3.49. The van der Waals surface area contributed by atoms with Crippen LogP contribution < -0.4 is 10.1 Å². The number of aryl methyl sites for hydroxylation is 1. The zero-order chi connectivity index (χ0) is 22.6. The molecule has 9 heteroatoms. The summed E-state index contributed by atoms with van der Waals surface area (Å²) in [4.78, 5) is 15.1. The van der Waals surface area contributed by atoms with E-state index in [-0.39, 0.29) is 17.5 Å². The molecule has 0 fully saturated rings. The Morgan fingerprint density at radius 3 is 2.72 bits per heavy atom. The molecule has 3 heterocycles. The first-order chi connectivity index (χ1) is 15.4. The van der Waals surface area contributed by atoms with Gasteiger partial charge in [0.05, 0.1) is 28.7 Å². The van der Waals surface area contributed by atoms with Gasteiger partial charge < -0.3 is 15.0 Å². The van der Waals surface area contributed by atoms with Gasteiger partial charge in [-0.1, -0.05) is 6.07 Å². The van der Waals surface area contributed by atoms with Crippen molar-refractivity contribution in [3.8, 4) is 17.0 Å². The minimum Gasteiger partial charge on any atom is -0.489 e. The molecule has 1 amide bonds. The molecule has 0 unspecified atom stereocenters. The second-order valence-electron chi connectivity index (χ2n) is 7.97. The van der Waals surface area contributed by atoms with Crippen LogP contribution in [-0.2, 0) is 13.5 Å². The van der Waals surface area contributed by atoms with Gasteiger partial charge in [0, 0.05) is 31.3 Å². The minimum absolute atomic E-state index is 0.172. The number of hydrogen-bond acceptors (Lipinski definition) is 4. The van der Waals surface area contributed by atoms with Crippen molar-refractivity contribution in [3.63, 3.8) is 0 Å². The zero-order valence-corrected chi connectivity index (χ0v) is 17.6. The van der Waals surface area contributed by atoms with E-state index in [1.807, 2.05) is 19.1 Å². The number of nitrogens with zero attached hydrogens (tertiary/aromatic N) is 3. The number of halogens is 3. The summed E-state index contributed by atoms with van der Waals surface area (Å²) in [7, 11) is 1.67. The van der Waals surface area contributed by atoms with Crippen molar-refractivity contribution in [3.05, 3.63) is 64.6 Å². The summed E-state index contributed by atoms with van der Waals surface area (Å²) in [6.07, 6.45) is 0.448. The van der Waals surface area contributed by atoms with Gasteiger partial charge in [-0.3, -0.25) is 9.48 Å². The quantitative estimate of drug-likeness (QED) is 0.608. The monoisotopic (exact) mass is 442 g/mol.